The molecule has 1 saturated heterocycles. The van der Waals surface area contributed by atoms with E-state index in [4.69, 9.17) is 9.84 Å². The Balaban J connectivity index is 1.97. The number of hydrogen-bond donors (Lipinski definition) is 1. The van der Waals surface area contributed by atoms with Gasteiger partial charge in [-0.05, 0) is 31.9 Å². The largest absolute Gasteiger partial charge is 0.481 e. The fourth-order valence-electron chi connectivity index (χ4n) is 2.43. The minimum absolute atomic E-state index is 0.199. The summed E-state index contributed by atoms with van der Waals surface area (Å²) in [5.41, 5.74) is 0. The number of amides is 1. The van der Waals surface area contributed by atoms with Crippen molar-refractivity contribution in [3.8, 4) is 5.75 Å². The third-order valence-corrected chi connectivity index (χ3v) is 3.54. The predicted octanol–water partition coefficient (Wildman–Crippen LogP) is 1.92. The van der Waals surface area contributed by atoms with Gasteiger partial charge >= 0.3 is 5.97 Å². The van der Waals surface area contributed by atoms with Crippen molar-refractivity contribution in [2.75, 3.05) is 13.1 Å². The number of carbonyl (C=O) groups is 2. The van der Waals surface area contributed by atoms with E-state index in [2.05, 4.69) is 0 Å². The van der Waals surface area contributed by atoms with Crippen molar-refractivity contribution < 1.29 is 23.8 Å². The number of likely N-dealkylation sites (tertiary alicyclic amines) is 1. The fourth-order valence-corrected chi connectivity index (χ4v) is 2.43. The van der Waals surface area contributed by atoms with Gasteiger partial charge in [0.05, 0.1) is 5.92 Å². The van der Waals surface area contributed by atoms with Gasteiger partial charge in [0.1, 0.15) is 11.6 Å². The highest BCUT2D eigenvalue weighted by atomic mass is 19.1. The quantitative estimate of drug-likeness (QED) is 0.921. The van der Waals surface area contributed by atoms with E-state index in [9.17, 15) is 14.0 Å². The lowest BCUT2D eigenvalue weighted by atomic mass is 9.98. The Labute approximate surface area is 122 Å². The average molecular weight is 295 g/mol. The van der Waals surface area contributed by atoms with E-state index in [0.29, 0.717) is 19.4 Å². The minimum Gasteiger partial charge on any atom is -0.481 e. The molecule has 5 nitrogen and oxygen atoms in total. The van der Waals surface area contributed by atoms with Crippen molar-refractivity contribution in [3.63, 3.8) is 0 Å². The van der Waals surface area contributed by atoms with Gasteiger partial charge in [-0.25, -0.2) is 4.39 Å². The van der Waals surface area contributed by atoms with Crippen LogP contribution in [0.1, 0.15) is 19.8 Å². The highest BCUT2D eigenvalue weighted by Crippen LogP contribution is 2.19. The number of rotatable bonds is 4. The first-order chi connectivity index (χ1) is 9.97. The molecule has 114 valence electrons. The first kappa shape index (κ1) is 15.3. The number of piperidine rings is 1. The summed E-state index contributed by atoms with van der Waals surface area (Å²) in [5, 5.41) is 9.03. The number of ether oxygens (including phenoxy) is 1. The number of carboxylic acids is 1. The zero-order valence-electron chi connectivity index (χ0n) is 11.8. The third kappa shape index (κ3) is 3.93. The Morgan fingerprint density at radius 2 is 2.24 bits per heavy atom. The molecular formula is C15H18FNO4. The van der Waals surface area contributed by atoms with Crippen molar-refractivity contribution in [2.24, 2.45) is 5.92 Å². The van der Waals surface area contributed by atoms with Crippen molar-refractivity contribution in [3.05, 3.63) is 30.1 Å². The highest BCUT2D eigenvalue weighted by Gasteiger charge is 2.30. The summed E-state index contributed by atoms with van der Waals surface area (Å²) in [7, 11) is 0. The molecule has 1 heterocycles. The van der Waals surface area contributed by atoms with Crippen LogP contribution in [0, 0.1) is 11.7 Å². The fraction of sp³-hybridized carbons (Fsp3) is 0.467. The molecule has 0 saturated carbocycles. The average Bonchev–Trinajstić information content (AvgIpc) is 2.46. The normalized spacial score (nSPS) is 19.9. The van der Waals surface area contributed by atoms with Gasteiger partial charge in [0, 0.05) is 19.2 Å². The molecule has 1 aromatic carbocycles. The van der Waals surface area contributed by atoms with E-state index < -0.39 is 23.8 Å². The zero-order valence-corrected chi connectivity index (χ0v) is 11.8. The molecular weight excluding hydrogens is 277 g/mol. The topological polar surface area (TPSA) is 66.8 Å². The van der Waals surface area contributed by atoms with E-state index in [-0.39, 0.29) is 18.2 Å². The van der Waals surface area contributed by atoms with Crippen molar-refractivity contribution in [1.82, 2.24) is 4.90 Å². The molecule has 1 N–H and O–H groups in total. The molecule has 0 aromatic heterocycles. The Morgan fingerprint density at radius 3 is 2.90 bits per heavy atom. The number of benzene rings is 1. The van der Waals surface area contributed by atoms with Gasteiger partial charge in [-0.15, -0.1) is 0 Å². The molecule has 1 fully saturated rings. The molecule has 21 heavy (non-hydrogen) atoms. The molecule has 1 amide bonds. The van der Waals surface area contributed by atoms with Crippen LogP contribution in [-0.4, -0.2) is 41.1 Å². The molecule has 6 heteroatoms. The molecule has 1 aliphatic heterocycles. The Hall–Kier alpha value is -2.11. The number of nitrogens with zero attached hydrogens (tertiary/aromatic N) is 1. The maximum Gasteiger partial charge on any atom is 0.308 e. The van der Waals surface area contributed by atoms with Gasteiger partial charge in [0.15, 0.2) is 6.10 Å². The summed E-state index contributed by atoms with van der Waals surface area (Å²) in [5.74, 6) is -1.83. The molecule has 0 radical (unpaired) electrons. The molecule has 2 rings (SSSR count). The van der Waals surface area contributed by atoms with Gasteiger partial charge in [-0.3, -0.25) is 9.59 Å². The van der Waals surface area contributed by atoms with E-state index in [0.717, 1.165) is 0 Å². The van der Waals surface area contributed by atoms with Crippen molar-refractivity contribution in [1.29, 1.82) is 0 Å². The summed E-state index contributed by atoms with van der Waals surface area (Å²) in [6.45, 7) is 2.31. The lowest BCUT2D eigenvalue weighted by molar-refractivity contribution is -0.147. The van der Waals surface area contributed by atoms with Crippen LogP contribution in [0.25, 0.3) is 0 Å². The summed E-state index contributed by atoms with van der Waals surface area (Å²) in [6, 6.07) is 5.58. The molecule has 1 aromatic rings. The maximum atomic E-state index is 13.1. The molecule has 2 unspecified atom stereocenters. The summed E-state index contributed by atoms with van der Waals surface area (Å²) in [4.78, 5) is 24.8. The SMILES string of the molecule is CC(Oc1cccc(F)c1)C(=O)N1CCCC(C(=O)O)C1. The number of halogens is 1. The smallest absolute Gasteiger partial charge is 0.308 e. The summed E-state index contributed by atoms with van der Waals surface area (Å²) >= 11 is 0. The predicted molar refractivity (Wildman–Crippen MR) is 73.4 cm³/mol. The van der Waals surface area contributed by atoms with Crippen LogP contribution in [-0.2, 0) is 9.59 Å². The number of aliphatic carboxylic acids is 1. The van der Waals surface area contributed by atoms with Gasteiger partial charge in [-0.1, -0.05) is 6.07 Å². The summed E-state index contributed by atoms with van der Waals surface area (Å²) < 4.78 is 18.5. The van der Waals surface area contributed by atoms with E-state index in [1.54, 1.807) is 13.0 Å². The number of carbonyl (C=O) groups excluding carboxylic acids is 1. The van der Waals surface area contributed by atoms with Crippen LogP contribution in [0.4, 0.5) is 4.39 Å². The van der Waals surface area contributed by atoms with Gasteiger partial charge in [0.2, 0.25) is 0 Å². The number of carboxylic acid groups (broad SMARTS) is 1. The summed E-state index contributed by atoms with van der Waals surface area (Å²) in [6.07, 6.45) is 0.465. The Bertz CT molecular complexity index is 534. The van der Waals surface area contributed by atoms with Gasteiger partial charge < -0.3 is 14.7 Å². The van der Waals surface area contributed by atoms with Gasteiger partial charge in [0.25, 0.3) is 5.91 Å². The van der Waals surface area contributed by atoms with Crippen molar-refractivity contribution in [2.45, 2.75) is 25.9 Å². The van der Waals surface area contributed by atoms with Gasteiger partial charge in [-0.2, -0.15) is 0 Å². The van der Waals surface area contributed by atoms with Crippen LogP contribution in [0.15, 0.2) is 24.3 Å². The third-order valence-electron chi connectivity index (χ3n) is 3.54. The van der Waals surface area contributed by atoms with E-state index >= 15 is 0 Å². The van der Waals surface area contributed by atoms with Crippen molar-refractivity contribution >= 4 is 11.9 Å². The zero-order chi connectivity index (χ0) is 15.4. The molecule has 0 bridgehead atoms. The molecule has 1 aliphatic rings. The lowest BCUT2D eigenvalue weighted by Gasteiger charge is -2.32. The lowest BCUT2D eigenvalue weighted by Crippen LogP contribution is -2.47. The monoisotopic (exact) mass is 295 g/mol. The second-order valence-corrected chi connectivity index (χ2v) is 5.18. The minimum atomic E-state index is -0.883. The Kier molecular flexibility index (Phi) is 4.77. The number of hydrogen-bond acceptors (Lipinski definition) is 3. The van der Waals surface area contributed by atoms with Crippen LogP contribution >= 0.6 is 0 Å². The first-order valence-corrected chi connectivity index (χ1v) is 6.91. The standard InChI is InChI=1S/C15H18FNO4/c1-10(21-13-6-2-5-12(16)8-13)14(18)17-7-3-4-11(9-17)15(19)20/h2,5-6,8,10-11H,3-4,7,9H2,1H3,(H,19,20). The molecule has 0 aliphatic carbocycles. The molecule has 2 atom stereocenters. The molecule has 0 spiro atoms. The second-order valence-electron chi connectivity index (χ2n) is 5.18. The van der Waals surface area contributed by atoms with Crippen LogP contribution in [0.3, 0.4) is 0 Å². The van der Waals surface area contributed by atoms with Crippen LogP contribution in [0.5, 0.6) is 5.75 Å². The van der Waals surface area contributed by atoms with Crippen LogP contribution < -0.4 is 4.74 Å². The van der Waals surface area contributed by atoms with Crippen LogP contribution in [0.2, 0.25) is 0 Å². The first-order valence-electron chi connectivity index (χ1n) is 6.91. The van der Waals surface area contributed by atoms with E-state index in [1.807, 2.05) is 0 Å². The van der Waals surface area contributed by atoms with E-state index in [1.165, 1.54) is 23.1 Å². The maximum absolute atomic E-state index is 13.1. The highest BCUT2D eigenvalue weighted by molar-refractivity contribution is 5.82. The Morgan fingerprint density at radius 1 is 1.48 bits per heavy atom. The second kappa shape index (κ2) is 6.56.